The number of carbonyl (C=O) groups is 2. The van der Waals surface area contributed by atoms with E-state index in [1.54, 1.807) is 39.0 Å². The smallest absolute Gasteiger partial charge is 0.417 e. The lowest BCUT2D eigenvalue weighted by Crippen LogP contribution is -2.39. The lowest BCUT2D eigenvalue weighted by Gasteiger charge is -2.27. The highest BCUT2D eigenvalue weighted by Gasteiger charge is 2.53. The highest BCUT2D eigenvalue weighted by molar-refractivity contribution is 7.85. The monoisotopic (exact) mass is 429 g/mol. The van der Waals surface area contributed by atoms with E-state index in [0.29, 0.717) is 16.2 Å². The molecule has 2 aromatic rings. The first kappa shape index (κ1) is 20.4. The van der Waals surface area contributed by atoms with E-state index in [1.165, 1.54) is 6.07 Å². The minimum atomic E-state index is -1.74. The number of phenolic OH excluding ortho intramolecular Hbond substituents is 1. The molecule has 2 aliphatic rings. The average Bonchev–Trinajstić information content (AvgIpc) is 3.14. The van der Waals surface area contributed by atoms with E-state index in [1.807, 2.05) is 19.1 Å². The molecule has 2 heterocycles. The van der Waals surface area contributed by atoms with Gasteiger partial charge >= 0.3 is 6.09 Å². The van der Waals surface area contributed by atoms with Gasteiger partial charge in [-0.25, -0.2) is 13.9 Å². The quantitative estimate of drug-likeness (QED) is 0.780. The van der Waals surface area contributed by atoms with Crippen molar-refractivity contribution in [2.24, 2.45) is 0 Å². The topological polar surface area (TPSA) is 93.1 Å². The summed E-state index contributed by atoms with van der Waals surface area (Å²) in [7, 11) is -1.74. The number of amides is 2. The number of benzene rings is 2. The van der Waals surface area contributed by atoms with Crippen LogP contribution in [0.25, 0.3) is 0 Å². The molecule has 0 spiro atoms. The Kier molecular flexibility index (Phi) is 4.85. The summed E-state index contributed by atoms with van der Waals surface area (Å²) in [6.45, 7) is 7.06. The number of aryl methyl sites for hydroxylation is 1. The van der Waals surface area contributed by atoms with Gasteiger partial charge in [0.2, 0.25) is 5.91 Å². The third-order valence-corrected chi connectivity index (χ3v) is 6.50. The largest absolute Gasteiger partial charge is 0.507 e. The highest BCUT2D eigenvalue weighted by atomic mass is 32.2. The number of phenols is 1. The molecule has 3 atom stereocenters. The van der Waals surface area contributed by atoms with Gasteiger partial charge < -0.3 is 14.6 Å². The standard InChI is InChI=1S/C22H23NO6S/c1-12-5-7-13(8-6-12)30(27)20-14(24)9-10-15-18(20)19-16(28-15)11-17(25)23(19)21(26)29-22(2,3)4/h5-10,16,19,24H,11H2,1-4H3/t16-,19+,30-/m0/s1. The van der Waals surface area contributed by atoms with Gasteiger partial charge in [-0.3, -0.25) is 4.79 Å². The average molecular weight is 429 g/mol. The number of rotatable bonds is 2. The first-order chi connectivity index (χ1) is 14.1. The molecule has 1 saturated heterocycles. The Hall–Kier alpha value is -2.87. The van der Waals surface area contributed by atoms with Crippen molar-refractivity contribution in [1.82, 2.24) is 4.90 Å². The maximum atomic E-state index is 13.4. The summed E-state index contributed by atoms with van der Waals surface area (Å²) in [6.07, 6.45) is -1.40. The number of hydrogen-bond acceptors (Lipinski definition) is 6. The van der Waals surface area contributed by atoms with E-state index in [9.17, 15) is 18.9 Å². The van der Waals surface area contributed by atoms with Gasteiger partial charge in [-0.1, -0.05) is 17.7 Å². The lowest BCUT2D eigenvalue weighted by atomic mass is 10.0. The van der Waals surface area contributed by atoms with E-state index in [4.69, 9.17) is 9.47 Å². The molecule has 1 fully saturated rings. The van der Waals surface area contributed by atoms with Crippen LogP contribution < -0.4 is 4.74 Å². The van der Waals surface area contributed by atoms with E-state index >= 15 is 0 Å². The lowest BCUT2D eigenvalue weighted by molar-refractivity contribution is -0.128. The third-order valence-electron chi connectivity index (χ3n) is 4.99. The van der Waals surface area contributed by atoms with Gasteiger partial charge in [0.1, 0.15) is 29.2 Å². The van der Waals surface area contributed by atoms with Gasteiger partial charge in [0.25, 0.3) is 0 Å². The van der Waals surface area contributed by atoms with Gasteiger partial charge in [0, 0.05) is 10.5 Å². The maximum absolute atomic E-state index is 13.4. The van der Waals surface area contributed by atoms with Crippen LogP contribution in [0.4, 0.5) is 4.79 Å². The summed E-state index contributed by atoms with van der Waals surface area (Å²) < 4.78 is 24.7. The number of nitrogens with zero attached hydrogens (tertiary/aromatic N) is 1. The third kappa shape index (κ3) is 3.45. The Bertz CT molecular complexity index is 1060. The van der Waals surface area contributed by atoms with Crippen molar-refractivity contribution in [1.29, 1.82) is 0 Å². The molecule has 0 radical (unpaired) electrons. The molecule has 0 saturated carbocycles. The molecule has 7 nitrogen and oxygen atoms in total. The van der Waals surface area contributed by atoms with Crippen molar-refractivity contribution < 1.29 is 28.4 Å². The van der Waals surface area contributed by atoms with Crippen molar-refractivity contribution in [2.45, 2.75) is 61.7 Å². The second kappa shape index (κ2) is 7.12. The number of carbonyl (C=O) groups excluding carboxylic acids is 2. The molecular weight excluding hydrogens is 406 g/mol. The van der Waals surface area contributed by atoms with Gasteiger partial charge in [-0.2, -0.15) is 0 Å². The molecule has 158 valence electrons. The van der Waals surface area contributed by atoms with Crippen molar-refractivity contribution >= 4 is 22.8 Å². The minimum absolute atomic E-state index is 0.00401. The maximum Gasteiger partial charge on any atom is 0.417 e. The van der Waals surface area contributed by atoms with Crippen LogP contribution in [0.1, 0.15) is 44.4 Å². The SMILES string of the molecule is Cc1ccc([S@](=O)c2c(O)ccc3c2[C@H]2[C@H](CC(=O)N2C(=O)OC(C)(C)C)O3)cc1. The molecule has 2 aliphatic heterocycles. The van der Waals surface area contributed by atoms with Gasteiger partial charge in [0.05, 0.1) is 22.1 Å². The Labute approximate surface area is 177 Å². The van der Waals surface area contributed by atoms with Crippen LogP contribution in [-0.4, -0.2) is 37.9 Å². The number of fused-ring (bicyclic) bond motifs is 3. The van der Waals surface area contributed by atoms with Crippen LogP contribution in [0.5, 0.6) is 11.5 Å². The fourth-order valence-electron chi connectivity index (χ4n) is 3.74. The number of likely N-dealkylation sites (tertiary alicyclic amines) is 1. The summed E-state index contributed by atoms with van der Waals surface area (Å²) in [5.41, 5.74) is 0.610. The fourth-order valence-corrected chi connectivity index (χ4v) is 5.04. The second-order valence-electron chi connectivity index (χ2n) is 8.46. The number of ether oxygens (including phenoxy) is 2. The van der Waals surface area contributed by atoms with Crippen molar-refractivity contribution in [3.63, 3.8) is 0 Å². The Balaban J connectivity index is 1.80. The normalized spacial score (nSPS) is 21.1. The van der Waals surface area contributed by atoms with Crippen molar-refractivity contribution in [3.05, 3.63) is 47.5 Å². The van der Waals surface area contributed by atoms with E-state index in [2.05, 4.69) is 0 Å². The predicted molar refractivity (Wildman–Crippen MR) is 109 cm³/mol. The van der Waals surface area contributed by atoms with Crippen molar-refractivity contribution in [2.75, 3.05) is 0 Å². The zero-order valence-corrected chi connectivity index (χ0v) is 18.0. The highest BCUT2D eigenvalue weighted by Crippen LogP contribution is 2.51. The van der Waals surface area contributed by atoms with Crippen LogP contribution in [0.3, 0.4) is 0 Å². The summed E-state index contributed by atoms with van der Waals surface area (Å²) in [5.74, 6) is -0.208. The fraction of sp³-hybridized carbons (Fsp3) is 0.364. The van der Waals surface area contributed by atoms with Gasteiger partial charge in [-0.05, 0) is 52.0 Å². The molecule has 30 heavy (non-hydrogen) atoms. The zero-order valence-electron chi connectivity index (χ0n) is 17.2. The summed E-state index contributed by atoms with van der Waals surface area (Å²) in [5, 5.41) is 10.6. The molecular formula is C22H23NO6S. The zero-order chi connectivity index (χ0) is 21.8. The Morgan fingerprint density at radius 2 is 1.87 bits per heavy atom. The summed E-state index contributed by atoms with van der Waals surface area (Å²) in [4.78, 5) is 27.1. The summed E-state index contributed by atoms with van der Waals surface area (Å²) in [6, 6.07) is 9.29. The predicted octanol–water partition coefficient (Wildman–Crippen LogP) is 3.84. The van der Waals surface area contributed by atoms with Crippen LogP contribution in [0.2, 0.25) is 0 Å². The Morgan fingerprint density at radius 3 is 2.50 bits per heavy atom. The van der Waals surface area contributed by atoms with Crippen LogP contribution >= 0.6 is 0 Å². The van der Waals surface area contributed by atoms with E-state index in [-0.39, 0.29) is 17.1 Å². The first-order valence-corrected chi connectivity index (χ1v) is 10.8. The van der Waals surface area contributed by atoms with Crippen LogP contribution in [-0.2, 0) is 20.3 Å². The molecule has 0 aromatic heterocycles. The number of aromatic hydroxyl groups is 1. The van der Waals surface area contributed by atoms with Crippen LogP contribution in [0.15, 0.2) is 46.2 Å². The van der Waals surface area contributed by atoms with Crippen LogP contribution in [0, 0.1) is 6.92 Å². The molecule has 8 heteroatoms. The summed E-state index contributed by atoms with van der Waals surface area (Å²) >= 11 is 0. The second-order valence-corrected chi connectivity index (χ2v) is 9.87. The molecule has 2 aromatic carbocycles. The molecule has 4 rings (SSSR count). The molecule has 1 N–H and O–H groups in total. The Morgan fingerprint density at radius 1 is 1.20 bits per heavy atom. The number of imide groups is 1. The molecule has 0 unspecified atom stereocenters. The molecule has 2 amide bonds. The van der Waals surface area contributed by atoms with E-state index < -0.39 is 40.5 Å². The first-order valence-electron chi connectivity index (χ1n) is 9.63. The van der Waals surface area contributed by atoms with Crippen molar-refractivity contribution in [3.8, 4) is 11.5 Å². The van der Waals surface area contributed by atoms with E-state index in [0.717, 1.165) is 10.5 Å². The minimum Gasteiger partial charge on any atom is -0.507 e. The molecule has 0 aliphatic carbocycles. The number of hydrogen-bond donors (Lipinski definition) is 1. The van der Waals surface area contributed by atoms with Gasteiger partial charge in [-0.15, -0.1) is 0 Å². The molecule has 0 bridgehead atoms. The van der Waals surface area contributed by atoms with Gasteiger partial charge in [0.15, 0.2) is 0 Å².